The lowest BCUT2D eigenvalue weighted by Gasteiger charge is -2.40. The standard InChI is InChI=1S/C19H18Cl2FN5O/c1-11-3-16(27-18(25-11)23-10-24-27)13-7-19(2,22)9-26(8-13)17(28)12-4-14(20)6-15(21)5-12/h3-6,10,13H,7-9H2,1-2H3. The fourth-order valence-corrected chi connectivity index (χ4v) is 4.36. The molecular weight excluding hydrogens is 404 g/mol. The SMILES string of the molecule is Cc1cc(C2CN(C(=O)c3cc(Cl)cc(Cl)c3)CC(C)(F)C2)n2ncnc2n1. The quantitative estimate of drug-likeness (QED) is 0.624. The van der Waals surface area contributed by atoms with Crippen molar-refractivity contribution in [1.29, 1.82) is 0 Å². The summed E-state index contributed by atoms with van der Waals surface area (Å²) in [5.74, 6) is -0.104. The van der Waals surface area contributed by atoms with Crippen LogP contribution in [0.1, 0.15) is 41.0 Å². The van der Waals surface area contributed by atoms with Crippen molar-refractivity contribution in [1.82, 2.24) is 24.5 Å². The van der Waals surface area contributed by atoms with Crippen molar-refractivity contribution < 1.29 is 9.18 Å². The maximum absolute atomic E-state index is 15.2. The Morgan fingerprint density at radius 2 is 1.96 bits per heavy atom. The third-order valence-corrected chi connectivity index (χ3v) is 5.29. The molecule has 0 spiro atoms. The molecule has 1 aliphatic heterocycles. The second-order valence-corrected chi connectivity index (χ2v) is 8.33. The van der Waals surface area contributed by atoms with Gasteiger partial charge in [-0.3, -0.25) is 4.79 Å². The number of hydrogen-bond donors (Lipinski definition) is 0. The molecule has 0 radical (unpaired) electrons. The molecule has 3 heterocycles. The molecule has 2 unspecified atom stereocenters. The van der Waals surface area contributed by atoms with Gasteiger partial charge in [0.25, 0.3) is 11.7 Å². The van der Waals surface area contributed by atoms with Crippen LogP contribution in [-0.4, -0.2) is 49.1 Å². The van der Waals surface area contributed by atoms with Crippen molar-refractivity contribution in [2.24, 2.45) is 0 Å². The number of fused-ring (bicyclic) bond motifs is 1. The first kappa shape index (κ1) is 19.1. The Kier molecular flexibility index (Phi) is 4.75. The van der Waals surface area contributed by atoms with E-state index in [-0.39, 0.29) is 24.8 Å². The third-order valence-electron chi connectivity index (χ3n) is 4.86. The molecule has 6 nitrogen and oxygen atoms in total. The zero-order valence-corrected chi connectivity index (χ0v) is 16.9. The lowest BCUT2D eigenvalue weighted by molar-refractivity contribution is 0.0342. The first-order valence-electron chi connectivity index (χ1n) is 8.83. The summed E-state index contributed by atoms with van der Waals surface area (Å²) in [6.45, 7) is 3.71. The van der Waals surface area contributed by atoms with E-state index in [1.807, 2.05) is 13.0 Å². The Labute approximate surface area is 171 Å². The van der Waals surface area contributed by atoms with E-state index in [9.17, 15) is 4.79 Å². The molecule has 4 rings (SSSR count). The molecule has 146 valence electrons. The minimum absolute atomic E-state index is 0.00295. The second kappa shape index (κ2) is 6.97. The van der Waals surface area contributed by atoms with E-state index >= 15 is 4.39 Å². The van der Waals surface area contributed by atoms with Gasteiger partial charge in [0.15, 0.2) is 0 Å². The molecule has 28 heavy (non-hydrogen) atoms. The van der Waals surface area contributed by atoms with Crippen LogP contribution in [0.5, 0.6) is 0 Å². The van der Waals surface area contributed by atoms with Gasteiger partial charge in [0.1, 0.15) is 12.0 Å². The lowest BCUT2D eigenvalue weighted by Crippen LogP contribution is -2.49. The molecule has 1 aromatic carbocycles. The fraction of sp³-hybridized carbons (Fsp3) is 0.368. The Morgan fingerprint density at radius 3 is 2.68 bits per heavy atom. The van der Waals surface area contributed by atoms with Crippen LogP contribution in [0.4, 0.5) is 4.39 Å². The predicted octanol–water partition coefficient (Wildman–Crippen LogP) is 4.10. The summed E-state index contributed by atoms with van der Waals surface area (Å²) in [4.78, 5) is 23.0. The number of rotatable bonds is 2. The lowest BCUT2D eigenvalue weighted by atomic mass is 9.85. The number of carbonyl (C=O) groups excluding carboxylic acids is 1. The van der Waals surface area contributed by atoms with Crippen molar-refractivity contribution in [3.8, 4) is 0 Å². The van der Waals surface area contributed by atoms with Crippen molar-refractivity contribution in [3.63, 3.8) is 0 Å². The van der Waals surface area contributed by atoms with Gasteiger partial charge in [0.2, 0.25) is 0 Å². The number of amides is 1. The van der Waals surface area contributed by atoms with Crippen molar-refractivity contribution in [2.75, 3.05) is 13.1 Å². The van der Waals surface area contributed by atoms with Crippen LogP contribution in [0.3, 0.4) is 0 Å². The largest absolute Gasteiger partial charge is 0.335 e. The third kappa shape index (κ3) is 3.69. The number of halogens is 3. The van der Waals surface area contributed by atoms with Crippen LogP contribution in [0.25, 0.3) is 5.78 Å². The van der Waals surface area contributed by atoms with E-state index in [1.54, 1.807) is 22.7 Å². The van der Waals surface area contributed by atoms with E-state index in [2.05, 4.69) is 15.1 Å². The molecule has 3 aromatic rings. The normalized spacial score (nSPS) is 22.6. The van der Waals surface area contributed by atoms with Crippen LogP contribution >= 0.6 is 23.2 Å². The number of aryl methyl sites for hydroxylation is 1. The zero-order valence-electron chi connectivity index (χ0n) is 15.4. The molecular formula is C19H18Cl2FN5O. The van der Waals surface area contributed by atoms with Gasteiger partial charge in [-0.05, 0) is 44.5 Å². The minimum atomic E-state index is -1.55. The summed E-state index contributed by atoms with van der Waals surface area (Å²) in [5.41, 5.74) is 0.336. The number of carbonyl (C=O) groups is 1. The van der Waals surface area contributed by atoms with E-state index in [0.29, 0.717) is 27.9 Å². The predicted molar refractivity (Wildman–Crippen MR) is 105 cm³/mol. The summed E-state index contributed by atoms with van der Waals surface area (Å²) < 4.78 is 16.8. The van der Waals surface area contributed by atoms with Gasteiger partial charge in [-0.1, -0.05) is 23.2 Å². The number of nitrogens with zero attached hydrogens (tertiary/aromatic N) is 5. The number of benzene rings is 1. The highest BCUT2D eigenvalue weighted by Crippen LogP contribution is 2.36. The van der Waals surface area contributed by atoms with Crippen LogP contribution in [0.15, 0.2) is 30.6 Å². The highest BCUT2D eigenvalue weighted by atomic mass is 35.5. The van der Waals surface area contributed by atoms with E-state index in [0.717, 1.165) is 11.4 Å². The summed E-state index contributed by atoms with van der Waals surface area (Å²) in [6.07, 6.45) is 1.69. The zero-order chi connectivity index (χ0) is 20.1. The van der Waals surface area contributed by atoms with E-state index < -0.39 is 5.67 Å². The van der Waals surface area contributed by atoms with Crippen LogP contribution in [-0.2, 0) is 0 Å². The van der Waals surface area contributed by atoms with Gasteiger partial charge in [-0.2, -0.15) is 10.1 Å². The van der Waals surface area contributed by atoms with Gasteiger partial charge >= 0.3 is 0 Å². The van der Waals surface area contributed by atoms with Gasteiger partial charge in [0, 0.05) is 33.8 Å². The minimum Gasteiger partial charge on any atom is -0.335 e. The highest BCUT2D eigenvalue weighted by Gasteiger charge is 2.40. The fourth-order valence-electron chi connectivity index (χ4n) is 3.83. The molecule has 0 N–H and O–H groups in total. The highest BCUT2D eigenvalue weighted by molar-refractivity contribution is 6.35. The van der Waals surface area contributed by atoms with Gasteiger partial charge < -0.3 is 4.90 Å². The summed E-state index contributed by atoms with van der Waals surface area (Å²) in [5, 5.41) is 4.94. The average Bonchev–Trinajstić information content (AvgIpc) is 3.06. The van der Waals surface area contributed by atoms with Crippen molar-refractivity contribution >= 4 is 34.9 Å². The Balaban J connectivity index is 1.71. The monoisotopic (exact) mass is 421 g/mol. The van der Waals surface area contributed by atoms with Crippen molar-refractivity contribution in [2.45, 2.75) is 31.9 Å². The molecule has 1 aliphatic rings. The molecule has 0 bridgehead atoms. The number of aromatic nitrogens is 4. The molecule has 2 atom stereocenters. The van der Waals surface area contributed by atoms with Gasteiger partial charge in [-0.25, -0.2) is 13.9 Å². The first-order valence-corrected chi connectivity index (χ1v) is 9.59. The number of likely N-dealkylation sites (tertiary alicyclic amines) is 1. The summed E-state index contributed by atoms with van der Waals surface area (Å²) in [7, 11) is 0. The summed E-state index contributed by atoms with van der Waals surface area (Å²) >= 11 is 12.1. The average molecular weight is 422 g/mol. The molecule has 1 fully saturated rings. The molecule has 1 amide bonds. The van der Waals surface area contributed by atoms with Crippen molar-refractivity contribution in [3.05, 3.63) is 57.6 Å². The molecule has 0 saturated carbocycles. The Morgan fingerprint density at radius 1 is 1.25 bits per heavy atom. The molecule has 9 heteroatoms. The van der Waals surface area contributed by atoms with Crippen LogP contribution < -0.4 is 0 Å². The van der Waals surface area contributed by atoms with Crippen LogP contribution in [0.2, 0.25) is 10.0 Å². The molecule has 1 saturated heterocycles. The molecule has 2 aromatic heterocycles. The number of piperidine rings is 1. The van der Waals surface area contributed by atoms with Gasteiger partial charge in [-0.15, -0.1) is 0 Å². The second-order valence-electron chi connectivity index (χ2n) is 7.45. The topological polar surface area (TPSA) is 63.4 Å². The number of hydrogen-bond acceptors (Lipinski definition) is 4. The maximum atomic E-state index is 15.2. The Hall–Kier alpha value is -2.25. The van der Waals surface area contributed by atoms with Gasteiger partial charge in [0.05, 0.1) is 12.2 Å². The molecule has 0 aliphatic carbocycles. The van der Waals surface area contributed by atoms with E-state index in [1.165, 1.54) is 18.2 Å². The smallest absolute Gasteiger partial charge is 0.254 e. The Bertz CT molecular complexity index is 1050. The number of alkyl halides is 1. The maximum Gasteiger partial charge on any atom is 0.254 e. The van der Waals surface area contributed by atoms with E-state index in [4.69, 9.17) is 23.2 Å². The summed E-state index contributed by atoms with van der Waals surface area (Å²) in [6, 6.07) is 6.51. The van der Waals surface area contributed by atoms with Crippen LogP contribution in [0, 0.1) is 6.92 Å². The first-order chi connectivity index (χ1) is 13.2.